The molecule has 0 spiro atoms. The maximum atomic E-state index is 12.6. The molecule has 0 aromatic carbocycles. The van der Waals surface area contributed by atoms with Gasteiger partial charge in [0.2, 0.25) is 0 Å². The normalized spacial score (nSPS) is 12.9. The average molecular weight is 807 g/mol. The van der Waals surface area contributed by atoms with E-state index in [1.54, 1.807) is 0 Å². The lowest BCUT2D eigenvalue weighted by molar-refractivity contribution is -0.162. The Hall–Kier alpha value is -2.92. The number of carbonyl (C=O) groups is 2. The zero-order valence-electron chi connectivity index (χ0n) is 38.0. The van der Waals surface area contributed by atoms with E-state index in [0.29, 0.717) is 25.9 Å². The third kappa shape index (κ3) is 45.8. The first-order valence-electron chi connectivity index (χ1n) is 24.1. The minimum atomic E-state index is -0.566. The summed E-state index contributed by atoms with van der Waals surface area (Å²) in [5.74, 6) is -0.511. The van der Waals surface area contributed by atoms with Gasteiger partial charge in [-0.25, -0.2) is 0 Å². The number of allylic oxidation sites excluding steroid dienone is 14. The molecule has 332 valence electrons. The number of unbranched alkanes of at least 4 members (excludes halogenated alkanes) is 18. The third-order valence-electron chi connectivity index (χ3n) is 9.93. The number of rotatable bonds is 43. The topological polar surface area (TPSA) is 61.8 Å². The fourth-order valence-corrected chi connectivity index (χ4v) is 6.35. The van der Waals surface area contributed by atoms with Gasteiger partial charge in [-0.1, -0.05) is 202 Å². The smallest absolute Gasteiger partial charge is 0.306 e. The third-order valence-corrected chi connectivity index (χ3v) is 9.93. The highest BCUT2D eigenvalue weighted by Gasteiger charge is 2.17. The SMILES string of the molecule is CC/C=C\C/C=C\C/C=C\C/C=C\C/C=C\C/C=C\CCC(=O)OCC(COCCCCCCCCCC/C=C\CCCCCCCC)OC(=O)CCCCCCC. The van der Waals surface area contributed by atoms with E-state index in [1.807, 2.05) is 6.08 Å². The molecule has 0 aliphatic heterocycles. The molecule has 0 bridgehead atoms. The van der Waals surface area contributed by atoms with Gasteiger partial charge in [0.05, 0.1) is 6.61 Å². The molecule has 1 atom stereocenters. The molecule has 0 aromatic heterocycles. The van der Waals surface area contributed by atoms with Crippen molar-refractivity contribution < 1.29 is 23.8 Å². The second kappa shape index (κ2) is 48.4. The first-order chi connectivity index (χ1) is 28.6. The number of hydrogen-bond acceptors (Lipinski definition) is 5. The molecule has 0 amide bonds. The summed E-state index contributed by atoms with van der Waals surface area (Å²) in [6.07, 6.45) is 63.4. The number of esters is 2. The predicted molar refractivity (Wildman–Crippen MR) is 251 cm³/mol. The fraction of sp³-hybridized carbons (Fsp3) is 0.698. The zero-order chi connectivity index (χ0) is 42.1. The van der Waals surface area contributed by atoms with Gasteiger partial charge in [-0.05, 0) is 83.5 Å². The van der Waals surface area contributed by atoms with Crippen molar-refractivity contribution in [1.82, 2.24) is 0 Å². The van der Waals surface area contributed by atoms with Gasteiger partial charge in [0.25, 0.3) is 0 Å². The number of ether oxygens (including phenoxy) is 3. The molecule has 1 unspecified atom stereocenters. The highest BCUT2D eigenvalue weighted by Crippen LogP contribution is 2.12. The summed E-state index contributed by atoms with van der Waals surface area (Å²) in [5, 5.41) is 0. The quantitative estimate of drug-likeness (QED) is 0.0349. The summed E-state index contributed by atoms with van der Waals surface area (Å²) in [5.41, 5.74) is 0. The van der Waals surface area contributed by atoms with Crippen molar-refractivity contribution in [2.75, 3.05) is 19.8 Å². The lowest BCUT2D eigenvalue weighted by atomic mass is 10.1. The van der Waals surface area contributed by atoms with Crippen molar-refractivity contribution in [2.45, 2.75) is 219 Å². The Morgan fingerprint density at radius 1 is 0.397 bits per heavy atom. The van der Waals surface area contributed by atoms with Gasteiger partial charge >= 0.3 is 11.9 Å². The van der Waals surface area contributed by atoms with Gasteiger partial charge in [0.1, 0.15) is 6.61 Å². The average Bonchev–Trinajstić information content (AvgIpc) is 3.22. The van der Waals surface area contributed by atoms with Crippen LogP contribution in [0, 0.1) is 0 Å². The minimum absolute atomic E-state index is 0.0407. The van der Waals surface area contributed by atoms with E-state index in [1.165, 1.54) is 103 Å². The van der Waals surface area contributed by atoms with Crippen LogP contribution in [0.1, 0.15) is 213 Å². The van der Waals surface area contributed by atoms with Crippen LogP contribution in [0.3, 0.4) is 0 Å². The Morgan fingerprint density at radius 3 is 1.31 bits per heavy atom. The van der Waals surface area contributed by atoms with Crippen LogP contribution in [0.4, 0.5) is 0 Å². The molecule has 0 aliphatic rings. The van der Waals surface area contributed by atoms with Gasteiger partial charge in [-0.15, -0.1) is 0 Å². The highest BCUT2D eigenvalue weighted by molar-refractivity contribution is 5.70. The molecule has 58 heavy (non-hydrogen) atoms. The van der Waals surface area contributed by atoms with E-state index in [9.17, 15) is 9.59 Å². The van der Waals surface area contributed by atoms with Crippen LogP contribution in [0.5, 0.6) is 0 Å². The molecule has 0 heterocycles. The maximum absolute atomic E-state index is 12.6. The van der Waals surface area contributed by atoms with Crippen LogP contribution in [-0.2, 0) is 23.8 Å². The maximum Gasteiger partial charge on any atom is 0.306 e. The van der Waals surface area contributed by atoms with Crippen LogP contribution in [0.15, 0.2) is 85.1 Å². The van der Waals surface area contributed by atoms with Crippen LogP contribution >= 0.6 is 0 Å². The summed E-state index contributed by atoms with van der Waals surface area (Å²) in [6.45, 7) is 7.55. The lowest BCUT2D eigenvalue weighted by Gasteiger charge is -2.18. The van der Waals surface area contributed by atoms with Gasteiger partial charge in [0, 0.05) is 19.4 Å². The summed E-state index contributed by atoms with van der Waals surface area (Å²) in [6, 6.07) is 0. The van der Waals surface area contributed by atoms with E-state index in [4.69, 9.17) is 14.2 Å². The van der Waals surface area contributed by atoms with Crippen molar-refractivity contribution in [1.29, 1.82) is 0 Å². The predicted octanol–water partition coefficient (Wildman–Crippen LogP) is 16.1. The summed E-state index contributed by atoms with van der Waals surface area (Å²) < 4.78 is 17.2. The molecule has 0 saturated heterocycles. The number of hydrogen-bond donors (Lipinski definition) is 0. The van der Waals surface area contributed by atoms with Crippen LogP contribution in [0.2, 0.25) is 0 Å². The summed E-state index contributed by atoms with van der Waals surface area (Å²) >= 11 is 0. The Balaban J connectivity index is 4.16. The molecule has 0 radical (unpaired) electrons. The monoisotopic (exact) mass is 807 g/mol. The largest absolute Gasteiger partial charge is 0.462 e. The summed E-state index contributed by atoms with van der Waals surface area (Å²) in [4.78, 5) is 25.0. The second-order valence-electron chi connectivity index (χ2n) is 15.6. The Labute approximate surface area is 359 Å². The van der Waals surface area contributed by atoms with Gasteiger partial charge in [-0.3, -0.25) is 9.59 Å². The van der Waals surface area contributed by atoms with Crippen molar-refractivity contribution in [3.05, 3.63) is 85.1 Å². The van der Waals surface area contributed by atoms with Crippen LogP contribution < -0.4 is 0 Å². The van der Waals surface area contributed by atoms with Gasteiger partial charge < -0.3 is 14.2 Å². The molecule has 0 fully saturated rings. The first-order valence-corrected chi connectivity index (χ1v) is 24.1. The van der Waals surface area contributed by atoms with Crippen molar-refractivity contribution in [2.24, 2.45) is 0 Å². The zero-order valence-corrected chi connectivity index (χ0v) is 38.0. The molecule has 5 nitrogen and oxygen atoms in total. The van der Waals surface area contributed by atoms with E-state index < -0.39 is 6.10 Å². The van der Waals surface area contributed by atoms with E-state index in [0.717, 1.165) is 70.6 Å². The van der Waals surface area contributed by atoms with Gasteiger partial charge in [0.15, 0.2) is 6.10 Å². The van der Waals surface area contributed by atoms with Crippen LogP contribution in [0.25, 0.3) is 0 Å². The first kappa shape index (κ1) is 55.1. The molecular formula is C53H90O5. The second-order valence-corrected chi connectivity index (χ2v) is 15.6. The summed E-state index contributed by atoms with van der Waals surface area (Å²) in [7, 11) is 0. The fourth-order valence-electron chi connectivity index (χ4n) is 6.35. The standard InChI is InChI=1S/C53H90O5/c1-4-7-10-13-15-17-19-21-23-25-27-28-30-32-34-36-38-41-43-46-52(54)57-50-51(58-53(55)47-44-40-12-9-6-3)49-56-48-45-42-39-37-35-33-31-29-26-24-22-20-18-16-14-11-8-5-2/h7,10,15,17,21-24,27-28,32,34,38,41,51H,4-6,8-9,11-14,16,18-20,25-26,29-31,33,35-37,39-40,42-50H2,1-3H3/b10-7-,17-15-,23-21-,24-22-,28-27-,34-32-,41-38-. The Kier molecular flexibility index (Phi) is 46.0. The minimum Gasteiger partial charge on any atom is -0.462 e. The van der Waals surface area contributed by atoms with Gasteiger partial charge in [-0.2, -0.15) is 0 Å². The molecule has 0 saturated carbocycles. The van der Waals surface area contributed by atoms with E-state index in [-0.39, 0.29) is 25.2 Å². The Morgan fingerprint density at radius 2 is 0.810 bits per heavy atom. The molecule has 0 aliphatic carbocycles. The van der Waals surface area contributed by atoms with Crippen molar-refractivity contribution in [3.8, 4) is 0 Å². The molecule has 0 rings (SSSR count). The van der Waals surface area contributed by atoms with Crippen LogP contribution in [-0.4, -0.2) is 37.9 Å². The van der Waals surface area contributed by atoms with Crippen molar-refractivity contribution >= 4 is 11.9 Å². The lowest BCUT2D eigenvalue weighted by Crippen LogP contribution is -2.30. The molecule has 0 N–H and O–H groups in total. The Bertz CT molecular complexity index is 1090. The highest BCUT2D eigenvalue weighted by atomic mass is 16.6. The van der Waals surface area contributed by atoms with Crippen molar-refractivity contribution in [3.63, 3.8) is 0 Å². The molecule has 0 aromatic rings. The number of carbonyl (C=O) groups excluding carboxylic acids is 2. The van der Waals surface area contributed by atoms with E-state index >= 15 is 0 Å². The molecule has 5 heteroatoms. The van der Waals surface area contributed by atoms with E-state index in [2.05, 4.69) is 99.8 Å². The molecular weight excluding hydrogens is 717 g/mol.